The van der Waals surface area contributed by atoms with Gasteiger partial charge < -0.3 is 0 Å². The van der Waals surface area contributed by atoms with E-state index >= 15 is 0 Å². The number of benzene rings is 3. The molecule has 1 aliphatic rings. The van der Waals surface area contributed by atoms with Crippen LogP contribution >= 0.6 is 0 Å². The Morgan fingerprint density at radius 2 is 1.64 bits per heavy atom. The fraction of sp³-hybridized carbons (Fsp3) is 0.143. The van der Waals surface area contributed by atoms with Crippen molar-refractivity contribution in [1.82, 2.24) is 4.31 Å². The highest BCUT2D eigenvalue weighted by molar-refractivity contribution is 7.89. The van der Waals surface area contributed by atoms with Crippen LogP contribution in [0.25, 0.3) is 10.8 Å². The van der Waals surface area contributed by atoms with Gasteiger partial charge in [0, 0.05) is 0 Å². The number of nitrogens with zero attached hydrogens (tertiary/aromatic N) is 1. The van der Waals surface area contributed by atoms with Gasteiger partial charge in [-0.1, -0.05) is 66.2 Å². The Morgan fingerprint density at radius 3 is 2.36 bits per heavy atom. The molecule has 1 heterocycles. The van der Waals surface area contributed by atoms with E-state index in [-0.39, 0.29) is 12.1 Å². The molecule has 0 spiro atoms. The van der Waals surface area contributed by atoms with Crippen LogP contribution in [-0.2, 0) is 10.0 Å². The van der Waals surface area contributed by atoms with Crippen LogP contribution in [0.1, 0.15) is 17.2 Å². The van der Waals surface area contributed by atoms with E-state index < -0.39 is 10.0 Å². The zero-order valence-corrected chi connectivity index (χ0v) is 14.8. The van der Waals surface area contributed by atoms with Crippen LogP contribution in [0.4, 0.5) is 0 Å². The van der Waals surface area contributed by atoms with E-state index in [1.807, 2.05) is 61.5 Å². The molecule has 4 rings (SSSR count). The van der Waals surface area contributed by atoms with Crippen molar-refractivity contribution >= 4 is 20.8 Å². The summed E-state index contributed by atoms with van der Waals surface area (Å²) < 4.78 is 27.7. The maximum absolute atomic E-state index is 13.1. The molecule has 25 heavy (non-hydrogen) atoms. The average molecular weight is 349 g/mol. The summed E-state index contributed by atoms with van der Waals surface area (Å²) in [7, 11) is -3.55. The Hall–Kier alpha value is -2.43. The molecule has 0 aliphatic carbocycles. The van der Waals surface area contributed by atoms with Gasteiger partial charge in [0.15, 0.2) is 0 Å². The molecule has 126 valence electrons. The minimum Gasteiger partial charge on any atom is -0.207 e. The molecule has 4 heteroatoms. The lowest BCUT2D eigenvalue weighted by Gasteiger charge is -2.09. The molecule has 1 fully saturated rings. The lowest BCUT2D eigenvalue weighted by Crippen LogP contribution is -2.14. The normalized spacial score (nSPS) is 22.7. The summed E-state index contributed by atoms with van der Waals surface area (Å²) in [5, 5.41) is 2.20. The van der Waals surface area contributed by atoms with E-state index in [9.17, 15) is 8.42 Å². The van der Waals surface area contributed by atoms with Crippen LogP contribution in [0.2, 0.25) is 0 Å². The molecule has 0 bridgehead atoms. The molecular weight excluding hydrogens is 330 g/mol. The minimum absolute atomic E-state index is 0.199. The molecule has 0 aromatic heterocycles. The summed E-state index contributed by atoms with van der Waals surface area (Å²) in [5.74, 6) is 0. The van der Waals surface area contributed by atoms with Crippen LogP contribution in [0.3, 0.4) is 0 Å². The van der Waals surface area contributed by atoms with Gasteiger partial charge in [0.05, 0.1) is 17.0 Å². The second kappa shape index (κ2) is 5.83. The van der Waals surface area contributed by atoms with Crippen molar-refractivity contribution in [3.8, 4) is 0 Å². The predicted molar refractivity (Wildman–Crippen MR) is 101 cm³/mol. The maximum atomic E-state index is 13.1. The first-order valence-corrected chi connectivity index (χ1v) is 9.68. The van der Waals surface area contributed by atoms with E-state index in [0.717, 1.165) is 21.9 Å². The number of hydrogen-bond donors (Lipinski definition) is 0. The van der Waals surface area contributed by atoms with E-state index in [1.54, 1.807) is 22.5 Å². The Morgan fingerprint density at radius 1 is 0.960 bits per heavy atom. The molecule has 3 nitrogen and oxygen atoms in total. The zero-order chi connectivity index (χ0) is 17.6. The van der Waals surface area contributed by atoms with Gasteiger partial charge in [0.2, 0.25) is 10.0 Å². The first-order valence-electron chi connectivity index (χ1n) is 8.24. The van der Waals surface area contributed by atoms with Crippen molar-refractivity contribution in [2.75, 3.05) is 0 Å². The number of aryl methyl sites for hydroxylation is 1. The Bertz CT molecular complexity index is 1050. The standard InChI is InChI=1S/C21H19NO2S/c1-3-20-21(19-10-6-8-16-7-4-5-9-18(16)19)22(20)25(23,24)17-13-11-15(2)12-14-17/h3-14,20-21H,1H2,2H3. The Labute approximate surface area is 148 Å². The monoisotopic (exact) mass is 349 g/mol. The average Bonchev–Trinajstić information content (AvgIpc) is 3.37. The van der Waals surface area contributed by atoms with Gasteiger partial charge in [-0.25, -0.2) is 8.42 Å². The van der Waals surface area contributed by atoms with Crippen LogP contribution in [-0.4, -0.2) is 18.8 Å². The van der Waals surface area contributed by atoms with Gasteiger partial charge >= 0.3 is 0 Å². The summed E-state index contributed by atoms with van der Waals surface area (Å²) in [6.45, 7) is 5.79. The van der Waals surface area contributed by atoms with Gasteiger partial charge in [-0.15, -0.1) is 6.58 Å². The number of hydrogen-bond acceptors (Lipinski definition) is 2. The summed E-state index contributed by atoms with van der Waals surface area (Å²) in [6, 6.07) is 20.7. The fourth-order valence-electron chi connectivity index (χ4n) is 3.43. The number of rotatable bonds is 4. The van der Waals surface area contributed by atoms with Crippen molar-refractivity contribution in [1.29, 1.82) is 0 Å². The first-order chi connectivity index (χ1) is 12.0. The summed E-state index contributed by atoms with van der Waals surface area (Å²) >= 11 is 0. The molecular formula is C21H19NO2S. The van der Waals surface area contributed by atoms with E-state index in [2.05, 4.69) is 6.58 Å². The highest BCUT2D eigenvalue weighted by Crippen LogP contribution is 2.49. The summed E-state index contributed by atoms with van der Waals surface area (Å²) in [4.78, 5) is 0.327. The highest BCUT2D eigenvalue weighted by atomic mass is 32.2. The molecule has 0 amide bonds. The van der Waals surface area contributed by atoms with Crippen LogP contribution < -0.4 is 0 Å². The number of fused-ring (bicyclic) bond motifs is 1. The van der Waals surface area contributed by atoms with Crippen molar-refractivity contribution in [3.63, 3.8) is 0 Å². The molecule has 0 N–H and O–H groups in total. The lowest BCUT2D eigenvalue weighted by molar-refractivity contribution is 0.551. The van der Waals surface area contributed by atoms with Gasteiger partial charge in [0.1, 0.15) is 0 Å². The third-order valence-electron chi connectivity index (χ3n) is 4.78. The van der Waals surface area contributed by atoms with Gasteiger partial charge in [-0.05, 0) is 35.4 Å². The van der Waals surface area contributed by atoms with Crippen LogP contribution in [0, 0.1) is 6.92 Å². The molecule has 3 aromatic rings. The summed E-state index contributed by atoms with van der Waals surface area (Å²) in [6.07, 6.45) is 1.72. The van der Waals surface area contributed by atoms with E-state index in [1.165, 1.54) is 0 Å². The third kappa shape index (κ3) is 2.58. The van der Waals surface area contributed by atoms with Crippen LogP contribution in [0.5, 0.6) is 0 Å². The van der Waals surface area contributed by atoms with Crippen molar-refractivity contribution < 1.29 is 8.42 Å². The predicted octanol–water partition coefficient (Wildman–Crippen LogP) is 4.45. The number of sulfonamides is 1. The maximum Gasteiger partial charge on any atom is 0.244 e. The third-order valence-corrected chi connectivity index (χ3v) is 6.68. The lowest BCUT2D eigenvalue weighted by atomic mass is 10.0. The topological polar surface area (TPSA) is 37.1 Å². The molecule has 3 atom stereocenters. The van der Waals surface area contributed by atoms with Crippen molar-refractivity contribution in [2.45, 2.75) is 23.9 Å². The van der Waals surface area contributed by atoms with Gasteiger partial charge in [-0.2, -0.15) is 4.31 Å². The minimum atomic E-state index is -3.55. The Balaban J connectivity index is 1.79. The van der Waals surface area contributed by atoms with Crippen LogP contribution in [0.15, 0.2) is 84.3 Å². The van der Waals surface area contributed by atoms with E-state index in [0.29, 0.717) is 4.90 Å². The van der Waals surface area contributed by atoms with Crippen molar-refractivity contribution in [3.05, 3.63) is 90.5 Å². The van der Waals surface area contributed by atoms with E-state index in [4.69, 9.17) is 0 Å². The largest absolute Gasteiger partial charge is 0.244 e. The molecule has 0 radical (unpaired) electrons. The SMILES string of the molecule is C=CC1C(c2cccc3ccccc23)N1S(=O)(=O)c1ccc(C)cc1. The molecule has 3 aromatic carbocycles. The first kappa shape index (κ1) is 16.1. The Kier molecular flexibility index (Phi) is 3.74. The van der Waals surface area contributed by atoms with Gasteiger partial charge in [-0.3, -0.25) is 0 Å². The quantitative estimate of drug-likeness (QED) is 0.515. The van der Waals surface area contributed by atoms with Crippen molar-refractivity contribution in [2.24, 2.45) is 0 Å². The summed E-state index contributed by atoms with van der Waals surface area (Å²) in [5.41, 5.74) is 2.06. The smallest absolute Gasteiger partial charge is 0.207 e. The fourth-order valence-corrected chi connectivity index (χ4v) is 5.16. The molecule has 1 aliphatic heterocycles. The molecule has 0 saturated carbocycles. The second-order valence-electron chi connectivity index (χ2n) is 6.39. The zero-order valence-electron chi connectivity index (χ0n) is 14.0. The van der Waals surface area contributed by atoms with Gasteiger partial charge in [0.25, 0.3) is 0 Å². The highest BCUT2D eigenvalue weighted by Gasteiger charge is 2.55. The molecule has 3 unspecified atom stereocenters. The molecule has 1 saturated heterocycles. The second-order valence-corrected chi connectivity index (χ2v) is 8.23.